The summed E-state index contributed by atoms with van der Waals surface area (Å²) in [6.07, 6.45) is 0.355. The topological polar surface area (TPSA) is 57.5 Å². The molecule has 0 aromatic heterocycles. The van der Waals surface area contributed by atoms with Crippen molar-refractivity contribution in [2.45, 2.75) is 12.6 Å². The molecule has 3 aromatic rings. The highest BCUT2D eigenvalue weighted by atomic mass is 35.5. The molecular formula is C18H16ClO3P. The van der Waals surface area contributed by atoms with Gasteiger partial charge in [0.05, 0.1) is 6.16 Å². The van der Waals surface area contributed by atoms with Crippen molar-refractivity contribution in [1.82, 2.24) is 0 Å². The summed E-state index contributed by atoms with van der Waals surface area (Å²) in [5.41, 5.74) is 2.57. The number of benzene rings is 3. The maximum absolute atomic E-state index is 11.2. The average Bonchev–Trinajstić information content (AvgIpc) is 2.49. The van der Waals surface area contributed by atoms with E-state index in [4.69, 9.17) is 21.4 Å². The lowest BCUT2D eigenvalue weighted by Crippen LogP contribution is -1.94. The minimum Gasteiger partial charge on any atom is -0.324 e. The van der Waals surface area contributed by atoms with Crippen LogP contribution in [0.5, 0.6) is 0 Å². The summed E-state index contributed by atoms with van der Waals surface area (Å²) in [4.78, 5) is 18.2. The number of fused-ring (bicyclic) bond motifs is 1. The molecule has 0 heterocycles. The van der Waals surface area contributed by atoms with Crippen molar-refractivity contribution >= 4 is 30.0 Å². The molecule has 0 amide bonds. The number of rotatable bonds is 4. The first-order chi connectivity index (χ1) is 10.9. The van der Waals surface area contributed by atoms with E-state index < -0.39 is 7.60 Å². The van der Waals surface area contributed by atoms with Crippen molar-refractivity contribution in [3.63, 3.8) is 0 Å². The van der Waals surface area contributed by atoms with Gasteiger partial charge >= 0.3 is 7.60 Å². The minimum atomic E-state index is -4.08. The molecule has 23 heavy (non-hydrogen) atoms. The zero-order valence-corrected chi connectivity index (χ0v) is 14.0. The summed E-state index contributed by atoms with van der Waals surface area (Å²) in [7, 11) is -4.08. The van der Waals surface area contributed by atoms with Gasteiger partial charge in [0.15, 0.2) is 0 Å². The molecule has 0 saturated carbocycles. The standard InChI is InChI=1S/C18H16ClO3P/c19-18-8-6-14(12-23(20,21)22)11-17(18)10-13-5-7-15-3-1-2-4-16(15)9-13/h1-9,11H,10,12H2,(H2,20,21,22). The summed E-state index contributed by atoms with van der Waals surface area (Å²) in [5.74, 6) is 0. The highest BCUT2D eigenvalue weighted by molar-refractivity contribution is 7.50. The van der Waals surface area contributed by atoms with Crippen LogP contribution in [0.2, 0.25) is 5.02 Å². The molecular weight excluding hydrogens is 331 g/mol. The first-order valence-electron chi connectivity index (χ1n) is 7.20. The van der Waals surface area contributed by atoms with Crippen molar-refractivity contribution in [1.29, 1.82) is 0 Å². The van der Waals surface area contributed by atoms with Crippen molar-refractivity contribution in [2.75, 3.05) is 0 Å². The van der Waals surface area contributed by atoms with Crippen LogP contribution >= 0.6 is 19.2 Å². The zero-order chi connectivity index (χ0) is 16.4. The van der Waals surface area contributed by atoms with Crippen LogP contribution in [-0.4, -0.2) is 9.79 Å². The Morgan fingerprint density at radius 2 is 1.57 bits per heavy atom. The highest BCUT2D eigenvalue weighted by Crippen LogP contribution is 2.39. The van der Waals surface area contributed by atoms with E-state index in [-0.39, 0.29) is 6.16 Å². The number of halogens is 1. The van der Waals surface area contributed by atoms with Crippen molar-refractivity contribution in [3.8, 4) is 0 Å². The molecule has 0 aliphatic heterocycles. The van der Waals surface area contributed by atoms with Gasteiger partial charge in [-0.15, -0.1) is 0 Å². The maximum Gasteiger partial charge on any atom is 0.329 e. The van der Waals surface area contributed by atoms with E-state index in [2.05, 4.69) is 24.3 Å². The Balaban J connectivity index is 1.91. The third-order valence-electron chi connectivity index (χ3n) is 3.71. The molecule has 0 fully saturated rings. The fourth-order valence-corrected chi connectivity index (χ4v) is 3.53. The van der Waals surface area contributed by atoms with Gasteiger partial charge in [-0.1, -0.05) is 66.2 Å². The molecule has 0 aliphatic carbocycles. The lowest BCUT2D eigenvalue weighted by molar-refractivity contribution is 0.371. The molecule has 0 aliphatic rings. The van der Waals surface area contributed by atoms with E-state index in [9.17, 15) is 4.57 Å². The van der Waals surface area contributed by atoms with Crippen molar-refractivity contribution in [3.05, 3.63) is 82.4 Å². The second-order valence-electron chi connectivity index (χ2n) is 5.61. The Morgan fingerprint density at radius 3 is 2.30 bits per heavy atom. The average molecular weight is 347 g/mol. The summed E-state index contributed by atoms with van der Waals surface area (Å²) >= 11 is 6.24. The van der Waals surface area contributed by atoms with Gasteiger partial charge in [-0.05, 0) is 39.9 Å². The second kappa shape index (κ2) is 6.46. The van der Waals surface area contributed by atoms with Crippen LogP contribution in [0.15, 0.2) is 60.7 Å². The maximum atomic E-state index is 11.2. The molecule has 0 radical (unpaired) electrons. The molecule has 0 atom stereocenters. The second-order valence-corrected chi connectivity index (χ2v) is 7.66. The van der Waals surface area contributed by atoms with Crippen LogP contribution < -0.4 is 0 Å². The third kappa shape index (κ3) is 4.21. The van der Waals surface area contributed by atoms with Gasteiger partial charge in [0.1, 0.15) is 0 Å². The van der Waals surface area contributed by atoms with Crippen LogP contribution in [0, 0.1) is 0 Å². The molecule has 3 rings (SSSR count). The summed E-state index contributed by atoms with van der Waals surface area (Å²) in [5, 5.41) is 2.94. The largest absolute Gasteiger partial charge is 0.329 e. The smallest absolute Gasteiger partial charge is 0.324 e. The van der Waals surface area contributed by atoms with Crippen LogP contribution in [0.3, 0.4) is 0 Å². The molecule has 118 valence electrons. The van der Waals surface area contributed by atoms with E-state index in [1.165, 1.54) is 5.39 Å². The Morgan fingerprint density at radius 1 is 0.870 bits per heavy atom. The Bertz CT molecular complexity index is 902. The van der Waals surface area contributed by atoms with Crippen LogP contribution in [0.25, 0.3) is 10.8 Å². The summed E-state index contributed by atoms with van der Waals surface area (Å²) < 4.78 is 11.2. The molecule has 0 spiro atoms. The molecule has 0 saturated heterocycles. The van der Waals surface area contributed by atoms with E-state index in [1.807, 2.05) is 18.2 Å². The van der Waals surface area contributed by atoms with E-state index in [0.717, 1.165) is 16.5 Å². The summed E-state index contributed by atoms with van der Waals surface area (Å²) in [6.45, 7) is 0. The number of hydrogen-bond acceptors (Lipinski definition) is 1. The Hall–Kier alpha value is -1.64. The van der Waals surface area contributed by atoms with Crippen molar-refractivity contribution < 1.29 is 14.4 Å². The van der Waals surface area contributed by atoms with Gasteiger partial charge in [0, 0.05) is 5.02 Å². The lowest BCUT2D eigenvalue weighted by Gasteiger charge is -2.10. The van der Waals surface area contributed by atoms with Gasteiger partial charge in [-0.25, -0.2) is 0 Å². The quantitative estimate of drug-likeness (QED) is 0.669. The zero-order valence-electron chi connectivity index (χ0n) is 12.3. The predicted molar refractivity (Wildman–Crippen MR) is 94.0 cm³/mol. The monoisotopic (exact) mass is 346 g/mol. The van der Waals surface area contributed by atoms with Crippen LogP contribution in [0.1, 0.15) is 16.7 Å². The Kier molecular flexibility index (Phi) is 4.56. The SMILES string of the molecule is O=P(O)(O)Cc1ccc(Cl)c(Cc2ccc3ccccc3c2)c1. The molecule has 0 bridgehead atoms. The van der Waals surface area contributed by atoms with Crippen molar-refractivity contribution in [2.24, 2.45) is 0 Å². The van der Waals surface area contributed by atoms with Gasteiger partial charge in [-0.3, -0.25) is 4.57 Å². The van der Waals surface area contributed by atoms with E-state index in [1.54, 1.807) is 18.2 Å². The van der Waals surface area contributed by atoms with E-state index in [0.29, 0.717) is 17.0 Å². The molecule has 2 N–H and O–H groups in total. The van der Waals surface area contributed by atoms with Crippen LogP contribution in [0.4, 0.5) is 0 Å². The predicted octanol–water partition coefficient (Wildman–Crippen LogP) is 4.76. The van der Waals surface area contributed by atoms with Gasteiger partial charge in [0.2, 0.25) is 0 Å². The first-order valence-corrected chi connectivity index (χ1v) is 9.38. The molecule has 0 unspecified atom stereocenters. The first kappa shape index (κ1) is 16.2. The Labute approximate surface area is 139 Å². The van der Waals surface area contributed by atoms with Gasteiger partial charge in [0.25, 0.3) is 0 Å². The van der Waals surface area contributed by atoms with Gasteiger partial charge < -0.3 is 9.79 Å². The third-order valence-corrected chi connectivity index (χ3v) is 4.85. The highest BCUT2D eigenvalue weighted by Gasteiger charge is 2.15. The molecule has 3 aromatic carbocycles. The lowest BCUT2D eigenvalue weighted by atomic mass is 10.00. The van der Waals surface area contributed by atoms with Crippen LogP contribution in [-0.2, 0) is 17.1 Å². The van der Waals surface area contributed by atoms with E-state index >= 15 is 0 Å². The fraction of sp³-hybridized carbons (Fsp3) is 0.111. The fourth-order valence-electron chi connectivity index (χ4n) is 2.67. The molecule has 5 heteroatoms. The normalized spacial score (nSPS) is 11.8. The van der Waals surface area contributed by atoms with Gasteiger partial charge in [-0.2, -0.15) is 0 Å². The summed E-state index contributed by atoms with van der Waals surface area (Å²) in [6, 6.07) is 19.5. The minimum absolute atomic E-state index is 0.269. The number of hydrogen-bond donors (Lipinski definition) is 2. The molecule has 3 nitrogen and oxygen atoms in total.